The summed E-state index contributed by atoms with van der Waals surface area (Å²) in [5, 5.41) is 16.7. The van der Waals surface area contributed by atoms with Gasteiger partial charge >= 0.3 is 0 Å². The molecule has 1 heterocycles. The minimum atomic E-state index is -0.00231. The van der Waals surface area contributed by atoms with E-state index in [1.54, 1.807) is 4.68 Å². The molecule has 1 aromatic heterocycles. The zero-order chi connectivity index (χ0) is 9.14. The molecule has 0 aliphatic rings. The summed E-state index contributed by atoms with van der Waals surface area (Å²) in [5.74, 6) is 0. The van der Waals surface area contributed by atoms with E-state index >= 15 is 0 Å². The molecule has 1 N–H and O–H groups in total. The molecule has 0 fully saturated rings. The molecular weight excluding hydrogens is 222 g/mol. The molecule has 1 aromatic rings. The van der Waals surface area contributed by atoms with E-state index in [0.717, 1.165) is 5.69 Å². The Morgan fingerprint density at radius 1 is 1.67 bits per heavy atom. The highest BCUT2D eigenvalue weighted by atomic mass is 79.9. The Bertz CT molecular complexity index is 249. The van der Waals surface area contributed by atoms with Crippen LogP contribution >= 0.6 is 15.9 Å². The quantitative estimate of drug-likeness (QED) is 0.801. The molecule has 0 spiro atoms. The van der Waals surface area contributed by atoms with E-state index in [1.807, 2.05) is 20.0 Å². The molecule has 0 aromatic carbocycles. The van der Waals surface area contributed by atoms with Crippen LogP contribution in [0.15, 0.2) is 6.20 Å². The normalized spacial score (nSPS) is 16.0. The van der Waals surface area contributed by atoms with E-state index in [-0.39, 0.29) is 17.5 Å². The Morgan fingerprint density at radius 3 is 2.75 bits per heavy atom. The van der Waals surface area contributed by atoms with Gasteiger partial charge in [0.15, 0.2) is 0 Å². The Morgan fingerprint density at radius 2 is 2.33 bits per heavy atom. The molecule has 0 amide bonds. The summed E-state index contributed by atoms with van der Waals surface area (Å²) >= 11 is 3.39. The number of nitrogens with zero attached hydrogens (tertiary/aromatic N) is 3. The standard InChI is InChI=1S/C7H12BrN3O/c1-5(4-12)11-3-7(6(2)8)9-10-11/h3,5-6,12H,4H2,1-2H3. The second-order valence-corrected chi connectivity index (χ2v) is 4.14. The summed E-state index contributed by atoms with van der Waals surface area (Å²) in [6, 6.07) is -0.00231. The lowest BCUT2D eigenvalue weighted by atomic mass is 10.3. The topological polar surface area (TPSA) is 50.9 Å². The number of hydrogen-bond acceptors (Lipinski definition) is 3. The van der Waals surface area contributed by atoms with E-state index in [1.165, 1.54) is 0 Å². The van der Waals surface area contributed by atoms with Gasteiger partial charge in [0.1, 0.15) is 0 Å². The Balaban J connectivity index is 2.77. The Hall–Kier alpha value is -0.420. The SMILES string of the molecule is CC(Br)c1cn(C(C)CO)nn1. The number of alkyl halides is 1. The largest absolute Gasteiger partial charge is 0.394 e. The van der Waals surface area contributed by atoms with Crippen molar-refractivity contribution in [3.05, 3.63) is 11.9 Å². The zero-order valence-corrected chi connectivity index (χ0v) is 8.69. The number of halogens is 1. The van der Waals surface area contributed by atoms with Crippen molar-refractivity contribution in [2.45, 2.75) is 24.7 Å². The van der Waals surface area contributed by atoms with Crippen molar-refractivity contribution in [2.75, 3.05) is 6.61 Å². The lowest BCUT2D eigenvalue weighted by molar-refractivity contribution is 0.228. The summed E-state index contributed by atoms with van der Waals surface area (Å²) in [6.45, 7) is 3.95. The maximum Gasteiger partial charge on any atom is 0.0960 e. The number of aromatic nitrogens is 3. The zero-order valence-electron chi connectivity index (χ0n) is 7.11. The smallest absolute Gasteiger partial charge is 0.0960 e. The van der Waals surface area contributed by atoms with Crippen LogP contribution in [-0.2, 0) is 0 Å². The molecule has 1 rings (SSSR count). The fourth-order valence-electron chi connectivity index (χ4n) is 0.772. The second kappa shape index (κ2) is 4.00. The van der Waals surface area contributed by atoms with Crippen molar-refractivity contribution in [1.82, 2.24) is 15.0 Å². The number of hydrogen-bond donors (Lipinski definition) is 1. The first-order valence-corrected chi connectivity index (χ1v) is 4.73. The molecule has 4 nitrogen and oxygen atoms in total. The van der Waals surface area contributed by atoms with Gasteiger partial charge in [0.25, 0.3) is 0 Å². The maximum absolute atomic E-state index is 8.84. The molecule has 0 aliphatic heterocycles. The van der Waals surface area contributed by atoms with E-state index in [9.17, 15) is 0 Å². The van der Waals surface area contributed by atoms with Crippen LogP contribution in [0.3, 0.4) is 0 Å². The first-order chi connectivity index (χ1) is 5.65. The highest BCUT2D eigenvalue weighted by molar-refractivity contribution is 9.09. The van der Waals surface area contributed by atoms with Gasteiger partial charge in [-0.15, -0.1) is 5.10 Å². The molecule has 68 valence electrons. The lowest BCUT2D eigenvalue weighted by Crippen LogP contribution is -2.09. The van der Waals surface area contributed by atoms with Gasteiger partial charge in [-0.1, -0.05) is 21.1 Å². The summed E-state index contributed by atoms with van der Waals surface area (Å²) in [6.07, 6.45) is 1.83. The van der Waals surface area contributed by atoms with Gasteiger partial charge < -0.3 is 5.11 Å². The van der Waals surface area contributed by atoms with Gasteiger partial charge in [0.2, 0.25) is 0 Å². The van der Waals surface area contributed by atoms with E-state index in [0.29, 0.717) is 0 Å². The number of aliphatic hydroxyl groups excluding tert-OH is 1. The Kier molecular flexibility index (Phi) is 3.22. The van der Waals surface area contributed by atoms with Crippen LogP contribution < -0.4 is 0 Å². The average molecular weight is 234 g/mol. The van der Waals surface area contributed by atoms with Crippen molar-refractivity contribution in [3.63, 3.8) is 0 Å². The third kappa shape index (κ3) is 2.04. The first-order valence-electron chi connectivity index (χ1n) is 3.81. The van der Waals surface area contributed by atoms with Gasteiger partial charge in [-0.2, -0.15) is 0 Å². The second-order valence-electron chi connectivity index (χ2n) is 2.77. The highest BCUT2D eigenvalue weighted by Crippen LogP contribution is 2.19. The summed E-state index contributed by atoms with van der Waals surface area (Å²) < 4.78 is 1.66. The van der Waals surface area contributed by atoms with Gasteiger partial charge in [0.05, 0.1) is 23.2 Å². The van der Waals surface area contributed by atoms with Crippen LogP contribution in [-0.4, -0.2) is 26.7 Å². The van der Waals surface area contributed by atoms with Crippen LogP contribution in [0.5, 0.6) is 0 Å². The molecule has 0 bridgehead atoms. The van der Waals surface area contributed by atoms with Crippen molar-refractivity contribution >= 4 is 15.9 Å². The monoisotopic (exact) mass is 233 g/mol. The van der Waals surface area contributed by atoms with Crippen LogP contribution in [0.1, 0.15) is 30.4 Å². The van der Waals surface area contributed by atoms with Crippen LogP contribution in [0.25, 0.3) is 0 Å². The fraction of sp³-hybridized carbons (Fsp3) is 0.714. The van der Waals surface area contributed by atoms with Crippen molar-refractivity contribution in [1.29, 1.82) is 0 Å². The molecule has 0 saturated heterocycles. The summed E-state index contributed by atoms with van der Waals surface area (Å²) in [5.41, 5.74) is 0.885. The summed E-state index contributed by atoms with van der Waals surface area (Å²) in [4.78, 5) is 0.206. The summed E-state index contributed by atoms with van der Waals surface area (Å²) in [7, 11) is 0. The van der Waals surface area contributed by atoms with E-state index < -0.39 is 0 Å². The van der Waals surface area contributed by atoms with Gasteiger partial charge in [-0.05, 0) is 13.8 Å². The minimum Gasteiger partial charge on any atom is -0.394 e. The highest BCUT2D eigenvalue weighted by Gasteiger charge is 2.09. The predicted molar refractivity (Wildman–Crippen MR) is 49.2 cm³/mol. The molecule has 0 saturated carbocycles. The van der Waals surface area contributed by atoms with E-state index in [4.69, 9.17) is 5.11 Å². The van der Waals surface area contributed by atoms with Crippen LogP contribution in [0.2, 0.25) is 0 Å². The molecule has 5 heteroatoms. The van der Waals surface area contributed by atoms with Crippen LogP contribution in [0.4, 0.5) is 0 Å². The third-order valence-electron chi connectivity index (χ3n) is 1.65. The van der Waals surface area contributed by atoms with E-state index in [2.05, 4.69) is 26.2 Å². The lowest BCUT2D eigenvalue weighted by Gasteiger charge is -2.05. The molecule has 0 radical (unpaired) electrons. The molecule has 0 aliphatic carbocycles. The molecule has 2 atom stereocenters. The predicted octanol–water partition coefficient (Wildman–Crippen LogP) is 1.29. The van der Waals surface area contributed by atoms with Crippen LogP contribution in [0, 0.1) is 0 Å². The van der Waals surface area contributed by atoms with Crippen molar-refractivity contribution in [2.24, 2.45) is 0 Å². The van der Waals surface area contributed by atoms with Crippen molar-refractivity contribution < 1.29 is 5.11 Å². The Labute approximate surface area is 79.7 Å². The fourth-order valence-corrected chi connectivity index (χ4v) is 0.982. The number of rotatable bonds is 3. The van der Waals surface area contributed by atoms with Gasteiger partial charge in [0, 0.05) is 6.20 Å². The average Bonchev–Trinajstić information content (AvgIpc) is 2.51. The van der Waals surface area contributed by atoms with Gasteiger partial charge in [-0.3, -0.25) is 0 Å². The number of aliphatic hydroxyl groups is 1. The maximum atomic E-state index is 8.84. The van der Waals surface area contributed by atoms with Gasteiger partial charge in [-0.25, -0.2) is 4.68 Å². The molecule has 12 heavy (non-hydrogen) atoms. The molecule has 2 unspecified atom stereocenters. The minimum absolute atomic E-state index is 0.00231. The molecular formula is C7H12BrN3O. The first kappa shape index (κ1) is 9.67. The third-order valence-corrected chi connectivity index (χ3v) is 2.12. The van der Waals surface area contributed by atoms with Crippen molar-refractivity contribution in [3.8, 4) is 0 Å².